The topological polar surface area (TPSA) is 74.0 Å². The molecule has 1 aliphatic rings. The fraction of sp³-hybridized carbons (Fsp3) is 0.375. The molecule has 1 aromatic carbocycles. The van der Waals surface area contributed by atoms with E-state index >= 15 is 0 Å². The maximum atomic E-state index is 12.3. The number of hydrogen-bond donors (Lipinski definition) is 0. The van der Waals surface area contributed by atoms with Crippen LogP contribution < -0.4 is 19.1 Å². The van der Waals surface area contributed by atoms with E-state index in [1.165, 1.54) is 19.1 Å². The van der Waals surface area contributed by atoms with Crippen molar-refractivity contribution >= 4 is 23.3 Å². The van der Waals surface area contributed by atoms with E-state index in [1.807, 2.05) is 0 Å². The van der Waals surface area contributed by atoms with Crippen LogP contribution in [0.1, 0.15) is 17.4 Å². The van der Waals surface area contributed by atoms with E-state index in [0.29, 0.717) is 34.4 Å². The van der Waals surface area contributed by atoms with E-state index in [-0.39, 0.29) is 5.91 Å². The molecule has 0 radical (unpaired) electrons. The van der Waals surface area contributed by atoms with Crippen LogP contribution >= 0.6 is 11.6 Å². The van der Waals surface area contributed by atoms with Crippen molar-refractivity contribution in [1.82, 2.24) is 5.16 Å². The van der Waals surface area contributed by atoms with Gasteiger partial charge >= 0.3 is 0 Å². The Morgan fingerprint density at radius 1 is 1.12 bits per heavy atom. The van der Waals surface area contributed by atoms with Gasteiger partial charge in [-0.3, -0.25) is 9.69 Å². The van der Waals surface area contributed by atoms with Crippen LogP contribution in [0, 0.1) is 6.92 Å². The van der Waals surface area contributed by atoms with Crippen molar-refractivity contribution in [2.24, 2.45) is 0 Å². The van der Waals surface area contributed by atoms with Gasteiger partial charge in [0.1, 0.15) is 28.4 Å². The molecule has 0 spiro atoms. The van der Waals surface area contributed by atoms with Crippen LogP contribution in [-0.2, 0) is 4.79 Å². The van der Waals surface area contributed by atoms with Gasteiger partial charge in [-0.05, 0) is 6.92 Å². The number of amides is 1. The van der Waals surface area contributed by atoms with Gasteiger partial charge in [-0.15, -0.1) is 11.6 Å². The van der Waals surface area contributed by atoms with Crippen molar-refractivity contribution < 1.29 is 23.5 Å². The second-order valence-corrected chi connectivity index (χ2v) is 5.77. The number of hydrogen-bond acceptors (Lipinski definition) is 6. The molecule has 1 saturated heterocycles. The summed E-state index contributed by atoms with van der Waals surface area (Å²) in [7, 11) is 4.62. The normalized spacial score (nSPS) is 19.9. The summed E-state index contributed by atoms with van der Waals surface area (Å²) in [4.78, 5) is 13.8. The van der Waals surface area contributed by atoms with Gasteiger partial charge in [-0.25, -0.2) is 0 Å². The van der Waals surface area contributed by atoms with Gasteiger partial charge in [0, 0.05) is 18.2 Å². The van der Waals surface area contributed by atoms with Crippen molar-refractivity contribution in [3.8, 4) is 17.2 Å². The van der Waals surface area contributed by atoms with E-state index < -0.39 is 11.4 Å². The Kier molecular flexibility index (Phi) is 4.28. The minimum absolute atomic E-state index is 0.255. The Labute approximate surface area is 144 Å². The Balaban J connectivity index is 2.11. The smallest absolute Gasteiger partial charge is 0.249 e. The SMILES string of the molecule is COc1cc(OC)c(C2C(Cl)C(=O)N2c2cc(C)on2)c(OC)c1. The number of β-lactam (4-membered cyclic amide) rings is 1. The summed E-state index contributed by atoms with van der Waals surface area (Å²) in [5.74, 6) is 2.35. The molecule has 0 saturated carbocycles. The summed E-state index contributed by atoms with van der Waals surface area (Å²) in [5, 5.41) is 3.16. The lowest BCUT2D eigenvalue weighted by atomic mass is 9.91. The molecular weight excluding hydrogens is 336 g/mol. The van der Waals surface area contributed by atoms with Crippen molar-refractivity contribution in [2.45, 2.75) is 18.3 Å². The molecule has 128 valence electrons. The molecule has 2 atom stereocenters. The van der Waals surface area contributed by atoms with Gasteiger partial charge in [0.25, 0.3) is 0 Å². The highest BCUT2D eigenvalue weighted by Crippen LogP contribution is 2.49. The van der Waals surface area contributed by atoms with Crippen LogP contribution in [0.15, 0.2) is 22.7 Å². The lowest BCUT2D eigenvalue weighted by Crippen LogP contribution is -2.56. The molecule has 1 fully saturated rings. The van der Waals surface area contributed by atoms with E-state index in [4.69, 9.17) is 30.3 Å². The Morgan fingerprint density at radius 2 is 1.75 bits per heavy atom. The van der Waals surface area contributed by atoms with Gasteiger partial charge in [-0.1, -0.05) is 5.16 Å². The highest BCUT2D eigenvalue weighted by Gasteiger charge is 2.51. The molecule has 2 heterocycles. The standard InChI is InChI=1S/C16H17ClN2O5/c1-8-5-12(18-24-8)19-15(14(17)16(19)20)13-10(22-3)6-9(21-2)7-11(13)23-4/h5-7,14-15H,1-4H3. The van der Waals surface area contributed by atoms with Gasteiger partial charge in [0.05, 0.1) is 32.9 Å². The minimum Gasteiger partial charge on any atom is -0.496 e. The number of alkyl halides is 1. The monoisotopic (exact) mass is 352 g/mol. The molecule has 0 N–H and O–H groups in total. The number of anilines is 1. The number of ether oxygens (including phenoxy) is 3. The predicted octanol–water partition coefficient (Wildman–Crippen LogP) is 2.70. The van der Waals surface area contributed by atoms with Crippen LogP contribution in [0.3, 0.4) is 0 Å². The molecule has 0 aliphatic carbocycles. The fourth-order valence-electron chi connectivity index (χ4n) is 2.78. The first-order valence-electron chi connectivity index (χ1n) is 7.22. The first-order chi connectivity index (χ1) is 11.5. The van der Waals surface area contributed by atoms with Crippen molar-refractivity contribution in [3.05, 3.63) is 29.5 Å². The molecule has 1 aromatic heterocycles. The number of nitrogens with zero attached hydrogens (tertiary/aromatic N) is 2. The summed E-state index contributed by atoms with van der Waals surface area (Å²) in [5.41, 5.74) is 0.654. The summed E-state index contributed by atoms with van der Waals surface area (Å²) < 4.78 is 21.2. The molecule has 7 nitrogen and oxygen atoms in total. The first kappa shape index (κ1) is 16.4. The summed E-state index contributed by atoms with van der Waals surface area (Å²) in [6.45, 7) is 1.75. The number of aromatic nitrogens is 1. The Hall–Kier alpha value is -2.41. The lowest BCUT2D eigenvalue weighted by Gasteiger charge is -2.43. The zero-order chi connectivity index (χ0) is 17.4. The molecule has 0 bridgehead atoms. The average molecular weight is 353 g/mol. The molecule has 24 heavy (non-hydrogen) atoms. The van der Waals surface area contributed by atoms with Crippen molar-refractivity contribution in [3.63, 3.8) is 0 Å². The van der Waals surface area contributed by atoms with Crippen LogP contribution in [0.5, 0.6) is 17.2 Å². The van der Waals surface area contributed by atoms with Crippen LogP contribution in [0.4, 0.5) is 5.82 Å². The van der Waals surface area contributed by atoms with Crippen LogP contribution in [-0.4, -0.2) is 37.8 Å². The maximum absolute atomic E-state index is 12.3. The third-order valence-corrected chi connectivity index (χ3v) is 4.37. The predicted molar refractivity (Wildman–Crippen MR) is 87.2 cm³/mol. The quantitative estimate of drug-likeness (QED) is 0.608. The van der Waals surface area contributed by atoms with E-state index in [9.17, 15) is 4.79 Å². The second-order valence-electron chi connectivity index (χ2n) is 5.30. The number of methoxy groups -OCH3 is 3. The van der Waals surface area contributed by atoms with Gasteiger partial charge < -0.3 is 18.7 Å². The van der Waals surface area contributed by atoms with Gasteiger partial charge in [-0.2, -0.15) is 0 Å². The summed E-state index contributed by atoms with van der Waals surface area (Å²) in [6.07, 6.45) is 0. The molecule has 2 aromatic rings. The largest absolute Gasteiger partial charge is 0.496 e. The second kappa shape index (κ2) is 6.24. The van der Waals surface area contributed by atoms with E-state index in [0.717, 1.165) is 0 Å². The van der Waals surface area contributed by atoms with E-state index in [1.54, 1.807) is 32.2 Å². The third-order valence-electron chi connectivity index (χ3n) is 3.94. The summed E-state index contributed by atoms with van der Waals surface area (Å²) in [6, 6.07) is 4.63. The maximum Gasteiger partial charge on any atom is 0.249 e. The van der Waals surface area contributed by atoms with Crippen molar-refractivity contribution in [2.75, 3.05) is 26.2 Å². The molecule has 1 amide bonds. The fourth-order valence-corrected chi connectivity index (χ4v) is 3.12. The first-order valence-corrected chi connectivity index (χ1v) is 7.65. The van der Waals surface area contributed by atoms with Gasteiger partial charge in [0.2, 0.25) is 5.91 Å². The third kappa shape index (κ3) is 2.45. The van der Waals surface area contributed by atoms with Crippen LogP contribution in [0.2, 0.25) is 0 Å². The number of aryl methyl sites for hydroxylation is 1. The average Bonchev–Trinajstić information content (AvgIpc) is 3.03. The number of halogens is 1. The highest BCUT2D eigenvalue weighted by molar-refractivity contribution is 6.37. The number of rotatable bonds is 5. The zero-order valence-electron chi connectivity index (χ0n) is 13.7. The van der Waals surface area contributed by atoms with E-state index in [2.05, 4.69) is 5.16 Å². The van der Waals surface area contributed by atoms with Crippen LogP contribution in [0.25, 0.3) is 0 Å². The molecule has 8 heteroatoms. The number of carbonyl (C=O) groups is 1. The minimum atomic E-state index is -0.752. The van der Waals surface area contributed by atoms with Crippen molar-refractivity contribution in [1.29, 1.82) is 0 Å². The number of benzene rings is 1. The molecule has 2 unspecified atom stereocenters. The number of carbonyl (C=O) groups excluding carboxylic acids is 1. The molecule has 1 aliphatic heterocycles. The summed E-state index contributed by atoms with van der Waals surface area (Å²) >= 11 is 6.29. The molecule has 3 rings (SSSR count). The Bertz CT molecular complexity index is 751. The lowest BCUT2D eigenvalue weighted by molar-refractivity contribution is -0.123. The Morgan fingerprint density at radius 3 is 2.21 bits per heavy atom. The zero-order valence-corrected chi connectivity index (χ0v) is 14.5. The van der Waals surface area contributed by atoms with Gasteiger partial charge in [0.15, 0.2) is 5.82 Å². The highest BCUT2D eigenvalue weighted by atomic mass is 35.5. The molecular formula is C16H17ClN2O5.